The SMILES string of the molecule is COC(=O)CC[C@H](NC(=O)OC(C)(C)C)C(=O)N1C[C@H](OC(C)(C)C)C[C@H]1C(=O)N[C@@H](CC(C)C)C(=O)C(=O)OC. The number of rotatable bonds is 12. The molecule has 13 nitrogen and oxygen atoms in total. The Labute approximate surface area is 242 Å². The summed E-state index contributed by atoms with van der Waals surface area (Å²) in [5, 5.41) is 5.13. The van der Waals surface area contributed by atoms with E-state index in [0.717, 1.165) is 7.11 Å². The van der Waals surface area contributed by atoms with Gasteiger partial charge in [-0.3, -0.25) is 19.2 Å². The molecule has 0 radical (unpaired) electrons. The van der Waals surface area contributed by atoms with Crippen LogP contribution in [0.2, 0.25) is 0 Å². The third-order valence-electron chi connectivity index (χ3n) is 5.95. The zero-order valence-electron chi connectivity index (χ0n) is 26.0. The van der Waals surface area contributed by atoms with Gasteiger partial charge in [0.2, 0.25) is 11.8 Å². The van der Waals surface area contributed by atoms with Crippen molar-refractivity contribution in [2.45, 2.75) is 117 Å². The molecular formula is C28H47N3O10. The molecule has 234 valence electrons. The van der Waals surface area contributed by atoms with Crippen molar-refractivity contribution in [3.63, 3.8) is 0 Å². The molecule has 3 amide bonds. The number of nitrogens with one attached hydrogen (secondary N) is 2. The molecule has 0 bridgehead atoms. The molecule has 0 aromatic carbocycles. The van der Waals surface area contributed by atoms with Gasteiger partial charge in [-0.1, -0.05) is 13.8 Å². The van der Waals surface area contributed by atoms with E-state index in [4.69, 9.17) is 9.47 Å². The number of methoxy groups -OCH3 is 2. The van der Waals surface area contributed by atoms with Crippen LogP contribution in [0.5, 0.6) is 0 Å². The summed E-state index contributed by atoms with van der Waals surface area (Å²) in [5.41, 5.74) is -1.44. The van der Waals surface area contributed by atoms with Crippen LogP contribution < -0.4 is 10.6 Å². The smallest absolute Gasteiger partial charge is 0.408 e. The quantitative estimate of drug-likeness (QED) is 0.196. The van der Waals surface area contributed by atoms with Gasteiger partial charge in [0.25, 0.3) is 5.78 Å². The van der Waals surface area contributed by atoms with Gasteiger partial charge in [-0.25, -0.2) is 9.59 Å². The minimum absolute atomic E-state index is 0.0126. The molecule has 4 atom stereocenters. The van der Waals surface area contributed by atoms with E-state index < -0.39 is 71.1 Å². The zero-order chi connectivity index (χ0) is 31.7. The average Bonchev–Trinajstić information content (AvgIpc) is 3.25. The normalized spacial score (nSPS) is 18.8. The van der Waals surface area contributed by atoms with Crippen LogP contribution >= 0.6 is 0 Å². The Bertz CT molecular complexity index is 967. The van der Waals surface area contributed by atoms with Crippen molar-refractivity contribution in [1.82, 2.24) is 15.5 Å². The number of Topliss-reactive ketones (excluding diaryl/α,β-unsaturated/α-hetero) is 1. The molecule has 0 saturated carbocycles. The summed E-state index contributed by atoms with van der Waals surface area (Å²) in [6.45, 7) is 14.2. The minimum Gasteiger partial charge on any atom is -0.469 e. The minimum atomic E-state index is -1.23. The number of esters is 2. The largest absolute Gasteiger partial charge is 0.469 e. The van der Waals surface area contributed by atoms with Crippen LogP contribution in [0.4, 0.5) is 4.79 Å². The molecule has 0 aromatic rings. The van der Waals surface area contributed by atoms with E-state index in [2.05, 4.69) is 20.1 Å². The van der Waals surface area contributed by atoms with Crippen molar-refractivity contribution in [2.75, 3.05) is 20.8 Å². The van der Waals surface area contributed by atoms with Crippen LogP contribution in [-0.2, 0) is 42.9 Å². The van der Waals surface area contributed by atoms with Crippen LogP contribution in [0, 0.1) is 5.92 Å². The summed E-state index contributed by atoms with van der Waals surface area (Å²) in [5.74, 6) is -3.93. The summed E-state index contributed by atoms with van der Waals surface area (Å²) in [6, 6.07) is -3.48. The Hall–Kier alpha value is -3.22. The molecule has 41 heavy (non-hydrogen) atoms. The number of hydrogen-bond acceptors (Lipinski definition) is 10. The number of ether oxygens (including phenoxy) is 4. The highest BCUT2D eigenvalue weighted by Crippen LogP contribution is 2.26. The van der Waals surface area contributed by atoms with E-state index in [9.17, 15) is 28.8 Å². The van der Waals surface area contributed by atoms with Crippen molar-refractivity contribution in [3.8, 4) is 0 Å². The molecule has 1 heterocycles. The van der Waals surface area contributed by atoms with Gasteiger partial charge in [0.05, 0.1) is 32.0 Å². The standard InChI is InChI=1S/C28H47N3O10/c1-16(2)13-19(22(33)25(36)39-10)29-23(34)20-14-17(40-27(3,4)5)15-31(20)24(35)18(11-12-21(32)38-9)30-26(37)41-28(6,7)8/h16-20H,11-15H2,1-10H3,(H,29,34)(H,30,37)/t17-,18+,19+,20+/m1/s1. The van der Waals surface area contributed by atoms with Crippen LogP contribution in [0.1, 0.15) is 81.1 Å². The van der Waals surface area contributed by atoms with Crippen molar-refractivity contribution < 1.29 is 47.7 Å². The lowest BCUT2D eigenvalue weighted by Gasteiger charge is -2.30. The van der Waals surface area contributed by atoms with Crippen LogP contribution in [-0.4, -0.2) is 96.7 Å². The number of ketones is 1. The molecule has 1 aliphatic heterocycles. The molecular weight excluding hydrogens is 538 g/mol. The number of carbonyl (C=O) groups excluding carboxylic acids is 6. The average molecular weight is 586 g/mol. The highest BCUT2D eigenvalue weighted by atomic mass is 16.6. The first-order valence-electron chi connectivity index (χ1n) is 13.7. The van der Waals surface area contributed by atoms with Gasteiger partial charge in [-0.05, 0) is 60.3 Å². The van der Waals surface area contributed by atoms with E-state index in [1.807, 2.05) is 34.6 Å². The predicted molar refractivity (Wildman–Crippen MR) is 148 cm³/mol. The van der Waals surface area contributed by atoms with E-state index in [0.29, 0.717) is 0 Å². The third kappa shape index (κ3) is 12.4. The second-order valence-corrected chi connectivity index (χ2v) is 12.5. The van der Waals surface area contributed by atoms with Crippen LogP contribution in [0.25, 0.3) is 0 Å². The number of carbonyl (C=O) groups is 6. The van der Waals surface area contributed by atoms with Gasteiger partial charge in [0.15, 0.2) is 0 Å². The van der Waals surface area contributed by atoms with Gasteiger partial charge in [-0.15, -0.1) is 0 Å². The number of amides is 3. The van der Waals surface area contributed by atoms with Gasteiger partial charge < -0.3 is 34.5 Å². The van der Waals surface area contributed by atoms with Crippen LogP contribution in [0.3, 0.4) is 0 Å². The maximum absolute atomic E-state index is 13.9. The molecule has 1 rings (SSSR count). The first kappa shape index (κ1) is 35.8. The van der Waals surface area contributed by atoms with Crippen LogP contribution in [0.15, 0.2) is 0 Å². The van der Waals surface area contributed by atoms with E-state index in [-0.39, 0.29) is 38.1 Å². The molecule has 1 aliphatic rings. The Morgan fingerprint density at radius 3 is 1.98 bits per heavy atom. The van der Waals surface area contributed by atoms with Gasteiger partial charge in [0.1, 0.15) is 17.7 Å². The molecule has 0 aliphatic carbocycles. The molecule has 1 fully saturated rings. The monoisotopic (exact) mass is 585 g/mol. The first-order valence-corrected chi connectivity index (χ1v) is 13.7. The highest BCUT2D eigenvalue weighted by Gasteiger charge is 2.45. The lowest BCUT2D eigenvalue weighted by Crippen LogP contribution is -2.56. The second-order valence-electron chi connectivity index (χ2n) is 12.5. The number of likely N-dealkylation sites (tertiary alicyclic amines) is 1. The number of alkyl carbamates (subject to hydrolysis) is 1. The van der Waals surface area contributed by atoms with Gasteiger partial charge >= 0.3 is 18.0 Å². The van der Waals surface area contributed by atoms with E-state index >= 15 is 0 Å². The first-order chi connectivity index (χ1) is 18.8. The molecule has 2 N–H and O–H groups in total. The maximum atomic E-state index is 13.9. The number of hydrogen-bond donors (Lipinski definition) is 2. The molecule has 0 unspecified atom stereocenters. The lowest BCUT2D eigenvalue weighted by molar-refractivity contribution is -0.153. The second kappa shape index (κ2) is 15.1. The summed E-state index contributed by atoms with van der Waals surface area (Å²) in [4.78, 5) is 77.7. The fourth-order valence-corrected chi connectivity index (χ4v) is 4.36. The Morgan fingerprint density at radius 1 is 0.878 bits per heavy atom. The summed E-state index contributed by atoms with van der Waals surface area (Å²) in [7, 11) is 2.28. The Kier molecular flexibility index (Phi) is 13.2. The third-order valence-corrected chi connectivity index (χ3v) is 5.95. The Morgan fingerprint density at radius 2 is 1.49 bits per heavy atom. The highest BCUT2D eigenvalue weighted by molar-refractivity contribution is 6.36. The van der Waals surface area contributed by atoms with Gasteiger partial charge in [-0.2, -0.15) is 0 Å². The van der Waals surface area contributed by atoms with Crippen molar-refractivity contribution in [1.29, 1.82) is 0 Å². The fraction of sp³-hybridized carbons (Fsp3) is 0.786. The molecule has 0 spiro atoms. The van der Waals surface area contributed by atoms with Crippen molar-refractivity contribution in [2.24, 2.45) is 5.92 Å². The van der Waals surface area contributed by atoms with E-state index in [1.165, 1.54) is 12.0 Å². The van der Waals surface area contributed by atoms with Gasteiger partial charge in [0, 0.05) is 19.4 Å². The number of nitrogens with zero attached hydrogens (tertiary/aromatic N) is 1. The van der Waals surface area contributed by atoms with Crippen molar-refractivity contribution in [3.05, 3.63) is 0 Å². The lowest BCUT2D eigenvalue weighted by atomic mass is 9.99. The van der Waals surface area contributed by atoms with E-state index in [1.54, 1.807) is 20.8 Å². The zero-order valence-corrected chi connectivity index (χ0v) is 26.0. The van der Waals surface area contributed by atoms with Crippen molar-refractivity contribution >= 4 is 35.6 Å². The molecule has 13 heteroatoms. The fourth-order valence-electron chi connectivity index (χ4n) is 4.36. The maximum Gasteiger partial charge on any atom is 0.408 e. The Balaban J connectivity index is 3.35. The summed E-state index contributed by atoms with van der Waals surface area (Å²) >= 11 is 0. The molecule has 0 aromatic heterocycles. The molecule has 1 saturated heterocycles. The predicted octanol–water partition coefficient (Wildman–Crippen LogP) is 1.89. The topological polar surface area (TPSA) is 167 Å². The summed E-state index contributed by atoms with van der Waals surface area (Å²) < 4.78 is 20.6. The summed E-state index contributed by atoms with van der Waals surface area (Å²) in [6.07, 6.45) is -1.44.